The summed E-state index contributed by atoms with van der Waals surface area (Å²) in [6.45, 7) is 0.766. The molecule has 0 aromatic carbocycles. The minimum absolute atomic E-state index is 0.766. The Morgan fingerprint density at radius 1 is 0.697 bits per heavy atom. The summed E-state index contributed by atoms with van der Waals surface area (Å²) in [5.74, 6) is -60.5. The molecule has 0 aliphatic carbocycles. The monoisotopic (exact) mass is 532 g/mol. The van der Waals surface area contributed by atoms with Crippen LogP contribution < -0.4 is 0 Å². The summed E-state index contributed by atoms with van der Waals surface area (Å²) in [4.78, 5) is 10.2. The van der Waals surface area contributed by atoms with Crippen LogP contribution in [0.2, 0.25) is 0 Å². The van der Waals surface area contributed by atoms with Gasteiger partial charge in [-0.1, -0.05) is 13.3 Å². The van der Waals surface area contributed by atoms with E-state index in [4.69, 9.17) is 5.11 Å². The van der Waals surface area contributed by atoms with Crippen molar-refractivity contribution in [1.29, 1.82) is 0 Å². The molecule has 1 N–H and O–H groups in total. The highest BCUT2D eigenvalue weighted by molar-refractivity contribution is 5.89. The van der Waals surface area contributed by atoms with Gasteiger partial charge in [-0.3, -0.25) is 0 Å². The molecule has 0 aromatic heterocycles. The third kappa shape index (κ3) is 4.19. The molecule has 196 valence electrons. The van der Waals surface area contributed by atoms with Gasteiger partial charge in [-0.05, 0) is 6.42 Å². The number of hydrogen-bond donors (Lipinski definition) is 1. The lowest BCUT2D eigenvalue weighted by Crippen LogP contribution is -2.74. The zero-order chi connectivity index (χ0) is 27.2. The van der Waals surface area contributed by atoms with Gasteiger partial charge in [0.25, 0.3) is 6.08 Å². The molecule has 0 amide bonds. The molecule has 0 aliphatic rings. The molecule has 19 heteroatoms. The Balaban J connectivity index is 6.95. The topological polar surface area (TPSA) is 37.3 Å². The van der Waals surface area contributed by atoms with Crippen LogP contribution in [-0.2, 0) is 4.79 Å². The summed E-state index contributed by atoms with van der Waals surface area (Å²) >= 11 is 0. The van der Waals surface area contributed by atoms with Crippen LogP contribution in [0.3, 0.4) is 0 Å². The maximum atomic E-state index is 13.5. The Morgan fingerprint density at radius 2 is 1.03 bits per heavy atom. The minimum Gasteiger partial charge on any atom is -0.478 e. The quantitative estimate of drug-likeness (QED) is 0.235. The van der Waals surface area contributed by atoms with Crippen LogP contribution in [0.15, 0.2) is 11.7 Å². The fourth-order valence-corrected chi connectivity index (χ4v) is 2.12. The van der Waals surface area contributed by atoms with Gasteiger partial charge in [0.05, 0.1) is 0 Å². The van der Waals surface area contributed by atoms with E-state index >= 15 is 0 Å². The predicted octanol–water partition coefficient (Wildman–Crippen LogP) is 6.81. The van der Waals surface area contributed by atoms with Gasteiger partial charge in [0.2, 0.25) is 0 Å². The number of carbonyl (C=O) groups is 1. The van der Waals surface area contributed by atoms with E-state index in [9.17, 15) is 79.4 Å². The molecule has 0 heterocycles. The normalized spacial score (nSPS) is 15.9. The SMILES string of the molecule is CCCC(F)C(F)(F)C(F)(F)C(F)(F)C(F)(F)C(F)(F)C(F)(F)C(F)(F)C(C(=O)O)=C(F)F. The van der Waals surface area contributed by atoms with Crippen molar-refractivity contribution in [3.8, 4) is 0 Å². The Morgan fingerprint density at radius 3 is 1.33 bits per heavy atom. The molecule has 0 saturated carbocycles. The predicted molar refractivity (Wildman–Crippen MR) is 71.3 cm³/mol. The fraction of sp³-hybridized carbons (Fsp3) is 0.786. The van der Waals surface area contributed by atoms with Crippen LogP contribution in [0.25, 0.3) is 0 Å². The van der Waals surface area contributed by atoms with E-state index in [0.29, 0.717) is 0 Å². The van der Waals surface area contributed by atoms with Crippen LogP contribution >= 0.6 is 0 Å². The highest BCUT2D eigenvalue weighted by Crippen LogP contribution is 2.63. The van der Waals surface area contributed by atoms with E-state index in [1.807, 2.05) is 0 Å². The molecular weight excluding hydrogens is 523 g/mol. The number of alkyl halides is 15. The summed E-state index contributed by atoms with van der Waals surface area (Å²) in [6.07, 6.45) is -11.5. The Hall–Kier alpha value is -1.98. The van der Waals surface area contributed by atoms with E-state index in [1.165, 1.54) is 0 Å². The maximum absolute atomic E-state index is 13.5. The lowest BCUT2D eigenvalue weighted by molar-refractivity contribution is -0.441. The van der Waals surface area contributed by atoms with E-state index in [1.54, 1.807) is 0 Å². The number of rotatable bonds is 11. The molecule has 2 nitrogen and oxygen atoms in total. The zero-order valence-electron chi connectivity index (χ0n) is 15.3. The molecule has 0 radical (unpaired) electrons. The van der Waals surface area contributed by atoms with Gasteiger partial charge in [0.1, 0.15) is 0 Å². The second-order valence-electron chi connectivity index (χ2n) is 6.27. The van der Waals surface area contributed by atoms with Gasteiger partial charge in [-0.15, -0.1) is 0 Å². The Bertz CT molecular complexity index is 766. The van der Waals surface area contributed by atoms with Crippen LogP contribution in [-0.4, -0.2) is 58.7 Å². The van der Waals surface area contributed by atoms with Gasteiger partial charge in [-0.2, -0.15) is 70.2 Å². The number of aliphatic carboxylic acids is 1. The molecule has 0 spiro atoms. The summed E-state index contributed by atoms with van der Waals surface area (Å²) in [7, 11) is 0. The van der Waals surface area contributed by atoms with Crippen LogP contribution in [0.1, 0.15) is 19.8 Å². The average Bonchev–Trinajstić information content (AvgIpc) is 2.59. The van der Waals surface area contributed by atoms with Crippen molar-refractivity contribution < 1.29 is 84.5 Å². The molecular formula is C14H9F17O2. The van der Waals surface area contributed by atoms with Crippen LogP contribution in [0, 0.1) is 0 Å². The summed E-state index contributed by atoms with van der Waals surface area (Å²) in [5, 5.41) is 8.03. The zero-order valence-corrected chi connectivity index (χ0v) is 15.3. The van der Waals surface area contributed by atoms with E-state index in [0.717, 1.165) is 6.92 Å². The summed E-state index contributed by atoms with van der Waals surface area (Å²) in [6, 6.07) is 0. The van der Waals surface area contributed by atoms with Crippen molar-refractivity contribution in [1.82, 2.24) is 0 Å². The van der Waals surface area contributed by atoms with Gasteiger partial charge in [0, 0.05) is 0 Å². The van der Waals surface area contributed by atoms with Gasteiger partial charge in [0.15, 0.2) is 11.7 Å². The molecule has 1 atom stereocenters. The second kappa shape index (κ2) is 8.66. The fourth-order valence-electron chi connectivity index (χ4n) is 2.12. The van der Waals surface area contributed by atoms with Crippen molar-refractivity contribution >= 4 is 5.97 Å². The molecule has 33 heavy (non-hydrogen) atoms. The molecule has 0 rings (SSSR count). The first kappa shape index (κ1) is 31.0. The third-order valence-electron chi connectivity index (χ3n) is 4.04. The average molecular weight is 532 g/mol. The molecule has 0 fully saturated rings. The van der Waals surface area contributed by atoms with E-state index < -0.39 is 78.1 Å². The van der Waals surface area contributed by atoms with Crippen molar-refractivity contribution in [2.45, 2.75) is 67.4 Å². The number of carboxylic acids is 1. The van der Waals surface area contributed by atoms with Crippen LogP contribution in [0.5, 0.6) is 0 Å². The molecule has 0 aromatic rings. The maximum Gasteiger partial charge on any atom is 0.385 e. The molecule has 0 bridgehead atoms. The van der Waals surface area contributed by atoms with Gasteiger partial charge < -0.3 is 5.11 Å². The first-order valence-corrected chi connectivity index (χ1v) is 7.82. The second-order valence-corrected chi connectivity index (χ2v) is 6.27. The Kier molecular flexibility index (Phi) is 8.14. The first-order chi connectivity index (χ1) is 14.2. The lowest BCUT2D eigenvalue weighted by Gasteiger charge is -2.43. The van der Waals surface area contributed by atoms with Crippen molar-refractivity contribution in [2.75, 3.05) is 0 Å². The standard InChI is InChI=1S/C14H9F17O2/c1-2-3-4(15)8(18,19)10(22,23)12(26,27)14(30,31)13(28,29)11(24,25)9(20,21)5(6(16)17)7(32)33/h4H,2-3H2,1H3,(H,32,33). The van der Waals surface area contributed by atoms with E-state index in [2.05, 4.69) is 0 Å². The van der Waals surface area contributed by atoms with E-state index in [-0.39, 0.29) is 0 Å². The number of halogens is 17. The smallest absolute Gasteiger partial charge is 0.385 e. The highest BCUT2D eigenvalue weighted by atomic mass is 19.4. The van der Waals surface area contributed by atoms with Gasteiger partial charge in [-0.25, -0.2) is 9.18 Å². The minimum atomic E-state index is -8.64. The van der Waals surface area contributed by atoms with Gasteiger partial charge >= 0.3 is 47.4 Å². The van der Waals surface area contributed by atoms with Crippen molar-refractivity contribution in [3.63, 3.8) is 0 Å². The van der Waals surface area contributed by atoms with Crippen molar-refractivity contribution in [2.24, 2.45) is 0 Å². The number of carboxylic acid groups (broad SMARTS) is 1. The number of hydrogen-bond acceptors (Lipinski definition) is 1. The third-order valence-corrected chi connectivity index (χ3v) is 4.04. The highest BCUT2D eigenvalue weighted by Gasteiger charge is 2.93. The van der Waals surface area contributed by atoms with Crippen LogP contribution in [0.4, 0.5) is 74.6 Å². The first-order valence-electron chi connectivity index (χ1n) is 7.82. The summed E-state index contributed by atoms with van der Waals surface area (Å²) < 4.78 is 226. The lowest BCUT2D eigenvalue weighted by atomic mass is 9.86. The summed E-state index contributed by atoms with van der Waals surface area (Å²) in [5.41, 5.74) is -4.32. The molecule has 1 unspecified atom stereocenters. The molecule has 0 aliphatic heterocycles. The largest absolute Gasteiger partial charge is 0.478 e. The van der Waals surface area contributed by atoms with Crippen molar-refractivity contribution in [3.05, 3.63) is 11.7 Å². The molecule has 0 saturated heterocycles. The Labute approximate surface area is 171 Å².